The van der Waals surface area contributed by atoms with E-state index in [9.17, 15) is 9.59 Å². The number of rotatable bonds is 7. The van der Waals surface area contributed by atoms with E-state index in [4.69, 9.17) is 9.47 Å². The van der Waals surface area contributed by atoms with Gasteiger partial charge in [-0.15, -0.1) is 8.93 Å². The molecule has 0 aromatic rings. The van der Waals surface area contributed by atoms with Crippen molar-refractivity contribution >= 4 is 36.7 Å². The van der Waals surface area contributed by atoms with Crippen LogP contribution in [0.4, 0.5) is 4.79 Å². The second kappa shape index (κ2) is 9.86. The minimum absolute atomic E-state index is 0.0785. The Morgan fingerprint density at radius 3 is 2.68 bits per heavy atom. The molecule has 0 spiro atoms. The van der Waals surface area contributed by atoms with Crippen molar-refractivity contribution < 1.29 is 19.1 Å². The van der Waals surface area contributed by atoms with Gasteiger partial charge in [-0.25, -0.2) is 4.79 Å². The van der Waals surface area contributed by atoms with Gasteiger partial charge in [0.15, 0.2) is 0 Å². The standard InChI is InChI=1S/C11H22NO4P3/c1-2-15-10(13)7-8-19(18-17)12-11(14)16-9-5-3-4-6-9/h9,18H,2-8,17H2,1H3,(H,12,14). The van der Waals surface area contributed by atoms with Crippen LogP contribution >= 0.6 is 24.6 Å². The van der Waals surface area contributed by atoms with E-state index in [2.05, 4.69) is 14.0 Å². The van der Waals surface area contributed by atoms with Gasteiger partial charge in [0.25, 0.3) is 0 Å². The molecule has 1 N–H and O–H groups in total. The Morgan fingerprint density at radius 2 is 2.11 bits per heavy atom. The molecule has 0 saturated heterocycles. The number of amides is 1. The molecule has 110 valence electrons. The van der Waals surface area contributed by atoms with E-state index in [1.54, 1.807) is 6.92 Å². The molecule has 5 nitrogen and oxygen atoms in total. The van der Waals surface area contributed by atoms with Crippen molar-refractivity contribution in [2.45, 2.75) is 45.1 Å². The molecule has 3 unspecified atom stereocenters. The van der Waals surface area contributed by atoms with Gasteiger partial charge in [0, 0.05) is 13.9 Å². The smallest absolute Gasteiger partial charge is 0.410 e. The fourth-order valence-electron chi connectivity index (χ4n) is 1.88. The molecule has 0 radical (unpaired) electrons. The molecule has 1 saturated carbocycles. The molecule has 1 rings (SSSR count). The third-order valence-electron chi connectivity index (χ3n) is 2.80. The van der Waals surface area contributed by atoms with Crippen molar-refractivity contribution in [3.63, 3.8) is 0 Å². The molecule has 0 bridgehead atoms. The Balaban J connectivity index is 2.22. The van der Waals surface area contributed by atoms with E-state index in [-0.39, 0.29) is 18.2 Å². The molecule has 0 aromatic carbocycles. The Kier molecular flexibility index (Phi) is 8.86. The lowest BCUT2D eigenvalue weighted by Gasteiger charge is -2.18. The minimum atomic E-state index is -0.696. The molecule has 0 aliphatic heterocycles. The number of hydrogen-bond donors (Lipinski definition) is 1. The van der Waals surface area contributed by atoms with Gasteiger partial charge >= 0.3 is 12.1 Å². The van der Waals surface area contributed by atoms with E-state index >= 15 is 0 Å². The normalized spacial score (nSPS) is 17.6. The van der Waals surface area contributed by atoms with Crippen LogP contribution in [0, 0.1) is 0 Å². The number of carbonyl (C=O) groups excluding carboxylic acids is 2. The summed E-state index contributed by atoms with van der Waals surface area (Å²) in [6.07, 6.45) is 4.96. The first-order valence-electron chi connectivity index (χ1n) is 6.52. The number of ether oxygens (including phenoxy) is 2. The average molecular weight is 325 g/mol. The maximum absolute atomic E-state index is 11.7. The molecule has 1 fully saturated rings. The van der Waals surface area contributed by atoms with Gasteiger partial charge in [0.2, 0.25) is 0 Å². The van der Waals surface area contributed by atoms with E-state index in [0.29, 0.717) is 27.1 Å². The Morgan fingerprint density at radius 1 is 1.42 bits per heavy atom. The molecular weight excluding hydrogens is 303 g/mol. The lowest BCUT2D eigenvalue weighted by atomic mass is 10.3. The van der Waals surface area contributed by atoms with Gasteiger partial charge in [-0.1, -0.05) is 7.96 Å². The highest BCUT2D eigenvalue weighted by atomic mass is 32.4. The Labute approximate surface area is 119 Å². The maximum Gasteiger partial charge on any atom is 0.410 e. The molecule has 1 amide bonds. The highest BCUT2D eigenvalue weighted by Gasteiger charge is 2.21. The van der Waals surface area contributed by atoms with Crippen LogP contribution in [0.2, 0.25) is 0 Å². The van der Waals surface area contributed by atoms with Gasteiger partial charge < -0.3 is 9.47 Å². The lowest BCUT2D eigenvalue weighted by molar-refractivity contribution is -0.142. The summed E-state index contributed by atoms with van der Waals surface area (Å²) < 4.78 is 10.2. The summed E-state index contributed by atoms with van der Waals surface area (Å²) in [6.45, 7) is 2.19. The predicted octanol–water partition coefficient (Wildman–Crippen LogP) is 3.39. The van der Waals surface area contributed by atoms with E-state index in [1.165, 1.54) is 0 Å². The predicted molar refractivity (Wildman–Crippen MR) is 82.9 cm³/mol. The second-order valence-corrected chi connectivity index (χ2v) is 10.8. The third kappa shape index (κ3) is 7.40. The zero-order valence-electron chi connectivity index (χ0n) is 11.2. The molecule has 0 heterocycles. The van der Waals surface area contributed by atoms with Crippen LogP contribution in [0.15, 0.2) is 0 Å². The molecule has 0 aromatic heterocycles. The number of nitrogens with one attached hydrogen (secondary N) is 1. The van der Waals surface area contributed by atoms with Crippen molar-refractivity contribution in [2.75, 3.05) is 12.8 Å². The monoisotopic (exact) mass is 325 g/mol. The quantitative estimate of drug-likeness (QED) is 0.576. The number of esters is 1. The SMILES string of the molecule is CCOC(=O)CCP(NC(=O)OC1CCCC1)PP. The first-order valence-corrected chi connectivity index (χ1v) is 11.7. The van der Waals surface area contributed by atoms with Gasteiger partial charge in [-0.05, 0) is 32.6 Å². The third-order valence-corrected chi connectivity index (χ3v) is 8.98. The Bertz CT molecular complexity index is 298. The first kappa shape index (κ1) is 17.1. The molecule has 1 aliphatic carbocycles. The summed E-state index contributed by atoms with van der Waals surface area (Å²) >= 11 is 0. The van der Waals surface area contributed by atoms with Crippen molar-refractivity contribution in [2.24, 2.45) is 0 Å². The van der Waals surface area contributed by atoms with Crippen LogP contribution in [0.5, 0.6) is 0 Å². The van der Waals surface area contributed by atoms with Crippen LogP contribution in [-0.4, -0.2) is 30.9 Å². The molecular formula is C11H22NO4P3. The summed E-state index contributed by atoms with van der Waals surface area (Å²) in [7, 11) is 2.46. The first-order chi connectivity index (χ1) is 9.15. The van der Waals surface area contributed by atoms with Crippen molar-refractivity contribution in [3.05, 3.63) is 0 Å². The number of carbonyl (C=O) groups is 2. The minimum Gasteiger partial charge on any atom is -0.466 e. The van der Waals surface area contributed by atoms with Gasteiger partial charge in [-0.3, -0.25) is 9.88 Å². The van der Waals surface area contributed by atoms with Crippen LogP contribution in [0.3, 0.4) is 0 Å². The average Bonchev–Trinajstić information content (AvgIpc) is 2.87. The van der Waals surface area contributed by atoms with Gasteiger partial charge in [0.05, 0.1) is 13.0 Å². The van der Waals surface area contributed by atoms with Crippen LogP contribution in [0.1, 0.15) is 39.0 Å². The van der Waals surface area contributed by atoms with Crippen molar-refractivity contribution in [1.29, 1.82) is 0 Å². The molecule has 19 heavy (non-hydrogen) atoms. The van der Waals surface area contributed by atoms with Gasteiger partial charge in [0.1, 0.15) is 6.10 Å². The fourth-order valence-corrected chi connectivity index (χ4v) is 5.80. The summed E-state index contributed by atoms with van der Waals surface area (Å²) in [6, 6.07) is 0. The topological polar surface area (TPSA) is 64.6 Å². The second-order valence-electron chi connectivity index (χ2n) is 4.26. The summed E-state index contributed by atoms with van der Waals surface area (Å²) in [5.74, 6) is -0.204. The lowest BCUT2D eigenvalue weighted by Crippen LogP contribution is -2.24. The van der Waals surface area contributed by atoms with Gasteiger partial charge in [-0.2, -0.15) is 0 Å². The van der Waals surface area contributed by atoms with E-state index in [0.717, 1.165) is 25.7 Å². The summed E-state index contributed by atoms with van der Waals surface area (Å²) in [5.41, 5.74) is 0. The van der Waals surface area contributed by atoms with Crippen LogP contribution in [0.25, 0.3) is 0 Å². The maximum atomic E-state index is 11.7. The zero-order chi connectivity index (χ0) is 14.1. The van der Waals surface area contributed by atoms with Crippen LogP contribution < -0.4 is 5.09 Å². The van der Waals surface area contributed by atoms with Crippen LogP contribution in [-0.2, 0) is 14.3 Å². The highest BCUT2D eigenvalue weighted by molar-refractivity contribution is 8.44. The molecule has 8 heteroatoms. The summed E-state index contributed by atoms with van der Waals surface area (Å²) in [4.78, 5) is 23.0. The van der Waals surface area contributed by atoms with Crippen molar-refractivity contribution in [3.8, 4) is 0 Å². The number of hydrogen-bond acceptors (Lipinski definition) is 4. The Hall–Kier alpha value is 0.0300. The molecule has 1 aliphatic rings. The molecule has 3 atom stereocenters. The largest absolute Gasteiger partial charge is 0.466 e. The van der Waals surface area contributed by atoms with E-state index < -0.39 is 7.76 Å². The highest BCUT2D eigenvalue weighted by Crippen LogP contribution is 2.57. The fraction of sp³-hybridized carbons (Fsp3) is 0.818. The van der Waals surface area contributed by atoms with E-state index in [1.807, 2.05) is 0 Å². The zero-order valence-corrected chi connectivity index (χ0v) is 14.2. The summed E-state index contributed by atoms with van der Waals surface area (Å²) in [5, 5.41) is 2.88. The van der Waals surface area contributed by atoms with Crippen molar-refractivity contribution in [1.82, 2.24) is 5.09 Å².